The molecule has 0 aliphatic carbocycles. The SMILES string of the molecule is C[C@@H](N[S@@+]([O-])C(C)(C)C)c1cc(Br)cc(-c2cnn(C)c2)c1. The zero-order chi connectivity index (χ0) is 16.5. The molecule has 22 heavy (non-hydrogen) atoms. The first-order chi connectivity index (χ1) is 10.2. The number of rotatable bonds is 4. The van der Waals surface area contributed by atoms with Crippen molar-refractivity contribution in [2.45, 2.75) is 38.5 Å². The van der Waals surface area contributed by atoms with Gasteiger partial charge in [-0.25, -0.2) is 0 Å². The largest absolute Gasteiger partial charge is 0.598 e. The number of nitrogens with zero attached hydrogens (tertiary/aromatic N) is 2. The first-order valence-electron chi connectivity index (χ1n) is 7.14. The molecule has 0 saturated carbocycles. The van der Waals surface area contributed by atoms with E-state index in [1.165, 1.54) is 0 Å². The second-order valence-corrected chi connectivity index (χ2v) is 9.31. The molecule has 2 aromatic rings. The molecule has 120 valence electrons. The van der Waals surface area contributed by atoms with Gasteiger partial charge in [0.2, 0.25) is 0 Å². The van der Waals surface area contributed by atoms with E-state index in [2.05, 4.69) is 43.9 Å². The van der Waals surface area contributed by atoms with Gasteiger partial charge in [-0.15, -0.1) is 4.72 Å². The third kappa shape index (κ3) is 4.35. The Kier molecular flexibility index (Phi) is 5.37. The van der Waals surface area contributed by atoms with Crippen LogP contribution in [0, 0.1) is 0 Å². The van der Waals surface area contributed by atoms with Crippen LogP contribution in [0.3, 0.4) is 0 Å². The van der Waals surface area contributed by atoms with Crippen molar-refractivity contribution < 1.29 is 4.55 Å². The van der Waals surface area contributed by atoms with E-state index >= 15 is 0 Å². The van der Waals surface area contributed by atoms with Gasteiger partial charge in [0.25, 0.3) is 0 Å². The molecule has 0 radical (unpaired) electrons. The van der Waals surface area contributed by atoms with Crippen LogP contribution in [-0.2, 0) is 18.4 Å². The van der Waals surface area contributed by atoms with Crippen LogP contribution < -0.4 is 4.72 Å². The highest BCUT2D eigenvalue weighted by Gasteiger charge is 2.28. The summed E-state index contributed by atoms with van der Waals surface area (Å²) in [5.41, 5.74) is 3.24. The summed E-state index contributed by atoms with van der Waals surface area (Å²) in [5, 5.41) is 4.21. The lowest BCUT2D eigenvalue weighted by molar-refractivity contribution is 0.531. The predicted octanol–water partition coefficient (Wildman–Crippen LogP) is 3.96. The van der Waals surface area contributed by atoms with Crippen LogP contribution in [0.2, 0.25) is 0 Å². The number of hydrogen-bond donors (Lipinski definition) is 1. The number of hydrogen-bond acceptors (Lipinski definition) is 3. The summed E-state index contributed by atoms with van der Waals surface area (Å²) in [7, 11) is 1.90. The molecule has 0 spiro atoms. The molecule has 1 N–H and O–H groups in total. The highest BCUT2D eigenvalue weighted by atomic mass is 79.9. The van der Waals surface area contributed by atoms with Crippen molar-refractivity contribution >= 4 is 27.3 Å². The maximum absolute atomic E-state index is 12.3. The lowest BCUT2D eigenvalue weighted by Crippen LogP contribution is -2.40. The van der Waals surface area contributed by atoms with Crippen LogP contribution >= 0.6 is 15.9 Å². The van der Waals surface area contributed by atoms with Crippen LogP contribution in [0.15, 0.2) is 35.1 Å². The Labute approximate surface area is 143 Å². The van der Waals surface area contributed by atoms with E-state index in [9.17, 15) is 4.55 Å². The van der Waals surface area contributed by atoms with Crippen molar-refractivity contribution in [1.29, 1.82) is 0 Å². The van der Waals surface area contributed by atoms with Crippen LogP contribution in [-0.4, -0.2) is 19.1 Å². The van der Waals surface area contributed by atoms with Crippen LogP contribution in [0.5, 0.6) is 0 Å². The Morgan fingerprint density at radius 3 is 2.50 bits per heavy atom. The quantitative estimate of drug-likeness (QED) is 0.812. The molecule has 4 nitrogen and oxygen atoms in total. The van der Waals surface area contributed by atoms with Crippen molar-refractivity contribution in [1.82, 2.24) is 14.5 Å². The molecule has 1 aromatic carbocycles. The summed E-state index contributed by atoms with van der Waals surface area (Å²) in [6.07, 6.45) is 3.83. The number of aromatic nitrogens is 2. The highest BCUT2D eigenvalue weighted by Crippen LogP contribution is 2.28. The summed E-state index contributed by atoms with van der Waals surface area (Å²) in [5.74, 6) is 0. The summed E-state index contributed by atoms with van der Waals surface area (Å²) in [4.78, 5) is 0. The smallest absolute Gasteiger partial charge is 0.136 e. The van der Waals surface area contributed by atoms with E-state index in [4.69, 9.17) is 0 Å². The van der Waals surface area contributed by atoms with Crippen molar-refractivity contribution in [2.75, 3.05) is 0 Å². The van der Waals surface area contributed by atoms with E-state index in [-0.39, 0.29) is 10.8 Å². The topological polar surface area (TPSA) is 52.9 Å². The minimum Gasteiger partial charge on any atom is -0.598 e. The Hall–Kier alpha value is -0.820. The summed E-state index contributed by atoms with van der Waals surface area (Å²) in [6.45, 7) is 7.92. The monoisotopic (exact) mass is 383 g/mol. The summed E-state index contributed by atoms with van der Waals surface area (Å²) in [6, 6.07) is 6.22. The van der Waals surface area contributed by atoms with E-state index in [0.717, 1.165) is 21.2 Å². The standard InChI is InChI=1S/C16H22BrN3OS/c1-11(19-22(21)16(2,3)4)12-6-13(8-15(17)7-12)14-9-18-20(5)10-14/h6-11,19H,1-5H3/t11-,22+/m1/s1. The van der Waals surface area contributed by atoms with Crippen molar-refractivity contribution in [3.8, 4) is 11.1 Å². The minimum atomic E-state index is -1.10. The van der Waals surface area contributed by atoms with Crippen LogP contribution in [0.25, 0.3) is 11.1 Å². The van der Waals surface area contributed by atoms with E-state index < -0.39 is 11.4 Å². The second-order valence-electron chi connectivity index (χ2n) is 6.40. The fourth-order valence-corrected chi connectivity index (χ4v) is 3.33. The molecule has 0 bridgehead atoms. The number of aryl methyl sites for hydroxylation is 1. The minimum absolute atomic E-state index is 0.00650. The fraction of sp³-hybridized carbons (Fsp3) is 0.438. The Bertz CT molecular complexity index is 651. The van der Waals surface area contributed by atoms with E-state index in [1.54, 1.807) is 4.68 Å². The molecule has 6 heteroatoms. The molecule has 2 atom stereocenters. The molecule has 2 rings (SSSR count). The molecule has 0 aliphatic rings. The molecule has 0 fully saturated rings. The summed E-state index contributed by atoms with van der Waals surface area (Å²) < 4.78 is 17.9. The first-order valence-corrected chi connectivity index (χ1v) is 9.08. The third-order valence-electron chi connectivity index (χ3n) is 3.30. The zero-order valence-corrected chi connectivity index (χ0v) is 16.0. The van der Waals surface area contributed by atoms with Gasteiger partial charge in [-0.05, 0) is 57.0 Å². The van der Waals surface area contributed by atoms with E-state index in [0.29, 0.717) is 0 Å². The van der Waals surface area contributed by atoms with Crippen LogP contribution in [0.4, 0.5) is 0 Å². The third-order valence-corrected chi connectivity index (χ3v) is 5.44. The van der Waals surface area contributed by atoms with E-state index in [1.807, 2.05) is 47.1 Å². The van der Waals surface area contributed by atoms with Gasteiger partial charge in [0.15, 0.2) is 0 Å². The molecule has 0 amide bonds. The fourth-order valence-electron chi connectivity index (χ4n) is 2.00. The van der Waals surface area contributed by atoms with Gasteiger partial charge in [-0.3, -0.25) is 4.68 Å². The molecule has 0 unspecified atom stereocenters. The molecule has 1 heterocycles. The number of halogens is 1. The van der Waals surface area contributed by atoms with Crippen molar-refractivity contribution in [2.24, 2.45) is 7.05 Å². The average Bonchev–Trinajstić information content (AvgIpc) is 2.83. The highest BCUT2D eigenvalue weighted by molar-refractivity contribution is 9.10. The Morgan fingerprint density at radius 1 is 1.27 bits per heavy atom. The van der Waals surface area contributed by atoms with Gasteiger partial charge in [0.1, 0.15) is 4.75 Å². The Balaban J connectivity index is 2.26. The lowest BCUT2D eigenvalue weighted by atomic mass is 10.0. The van der Waals surface area contributed by atoms with Gasteiger partial charge >= 0.3 is 0 Å². The molecule has 0 saturated heterocycles. The van der Waals surface area contributed by atoms with Gasteiger partial charge in [-0.1, -0.05) is 15.9 Å². The average molecular weight is 384 g/mol. The van der Waals surface area contributed by atoms with Gasteiger partial charge < -0.3 is 4.55 Å². The maximum Gasteiger partial charge on any atom is 0.136 e. The molecule has 0 aliphatic heterocycles. The number of benzene rings is 1. The second kappa shape index (κ2) is 6.74. The number of nitrogens with one attached hydrogen (secondary N) is 1. The predicted molar refractivity (Wildman–Crippen MR) is 95.8 cm³/mol. The maximum atomic E-state index is 12.3. The Morgan fingerprint density at radius 2 is 1.95 bits per heavy atom. The summed E-state index contributed by atoms with van der Waals surface area (Å²) >= 11 is 2.46. The van der Waals surface area contributed by atoms with Gasteiger partial charge in [0, 0.05) is 34.6 Å². The zero-order valence-electron chi connectivity index (χ0n) is 13.6. The lowest BCUT2D eigenvalue weighted by Gasteiger charge is -2.26. The van der Waals surface area contributed by atoms with Crippen molar-refractivity contribution in [3.63, 3.8) is 0 Å². The van der Waals surface area contributed by atoms with Gasteiger partial charge in [0.05, 0.1) is 12.2 Å². The van der Waals surface area contributed by atoms with Crippen LogP contribution in [0.1, 0.15) is 39.3 Å². The molecular formula is C16H22BrN3OS. The van der Waals surface area contributed by atoms with Crippen molar-refractivity contribution in [3.05, 3.63) is 40.6 Å². The van der Waals surface area contributed by atoms with Gasteiger partial charge in [-0.2, -0.15) is 5.10 Å². The normalized spacial score (nSPS) is 14.9. The molecule has 1 aromatic heterocycles. The first kappa shape index (κ1) is 17.5. The molecular weight excluding hydrogens is 362 g/mol.